The maximum atomic E-state index is 13.9. The number of ketones is 4. The Labute approximate surface area is 226 Å². The topological polar surface area (TPSA) is 168 Å². The second-order valence-corrected chi connectivity index (χ2v) is 11.6. The molecule has 1 aromatic rings. The fourth-order valence-corrected chi connectivity index (χ4v) is 7.45. The van der Waals surface area contributed by atoms with Gasteiger partial charge in [0.2, 0.25) is 5.91 Å². The number of carbonyl (C=O) groups is 5. The summed E-state index contributed by atoms with van der Waals surface area (Å²) in [7, 11) is 4.61. The van der Waals surface area contributed by atoms with E-state index < -0.39 is 64.4 Å². The number of nitrogens with two attached hydrogens (primary N) is 1. The number of phenolic OH excluding ortho intramolecular Hbond substituents is 1. The number of hydrogen-bond acceptors (Lipinski definition) is 10. The number of nitrogens with zero attached hydrogens (tertiary/aromatic N) is 2. The number of fused-ring (bicyclic) bond motifs is 3. The summed E-state index contributed by atoms with van der Waals surface area (Å²) in [5.74, 6) is -10.1. The molecule has 3 fully saturated rings. The van der Waals surface area contributed by atoms with Crippen LogP contribution in [0, 0.1) is 23.7 Å². The zero-order valence-corrected chi connectivity index (χ0v) is 22.4. The molecule has 1 saturated heterocycles. The number of aliphatic hydroxyl groups is 1. The minimum Gasteiger partial charge on any atom is -0.507 e. The SMILES string of the molecule is COc1c(CN2CCCCC2)cc(O)c2c1C[C@H]1C[C@H]3[C@H](N(C)C)C(=O)C(C(N)=O)C(=O)[C@@]3(O)C(=O)C1C2=O. The predicted octanol–water partition coefficient (Wildman–Crippen LogP) is -0.138. The van der Waals surface area contributed by atoms with Gasteiger partial charge in [0.25, 0.3) is 0 Å². The van der Waals surface area contributed by atoms with Crippen molar-refractivity contribution in [3.05, 3.63) is 22.8 Å². The van der Waals surface area contributed by atoms with Crippen LogP contribution in [0.15, 0.2) is 6.07 Å². The van der Waals surface area contributed by atoms with Gasteiger partial charge in [-0.05, 0) is 64.9 Å². The van der Waals surface area contributed by atoms with Crippen molar-refractivity contribution < 1.29 is 38.9 Å². The van der Waals surface area contributed by atoms with Crippen LogP contribution in [0.2, 0.25) is 0 Å². The van der Waals surface area contributed by atoms with Crippen LogP contribution < -0.4 is 10.5 Å². The van der Waals surface area contributed by atoms with E-state index in [1.165, 1.54) is 24.5 Å². The third kappa shape index (κ3) is 4.01. The minimum absolute atomic E-state index is 0.00413. The molecule has 5 rings (SSSR count). The number of likely N-dealkylation sites (N-methyl/N-ethyl adjacent to an activating group) is 1. The third-order valence-corrected chi connectivity index (χ3v) is 9.14. The highest BCUT2D eigenvalue weighted by Gasteiger charge is 2.69. The summed E-state index contributed by atoms with van der Waals surface area (Å²) in [4.78, 5) is 70.1. The number of piperidine rings is 1. The first-order valence-corrected chi connectivity index (χ1v) is 13.4. The lowest BCUT2D eigenvalue weighted by atomic mass is 9.52. The van der Waals surface area contributed by atoms with E-state index in [9.17, 15) is 34.2 Å². The molecule has 210 valence electrons. The van der Waals surface area contributed by atoms with E-state index in [0.29, 0.717) is 17.9 Å². The van der Waals surface area contributed by atoms with Gasteiger partial charge in [0.1, 0.15) is 11.5 Å². The molecular weight excluding hydrogens is 506 g/mol. The molecule has 4 aliphatic rings. The summed E-state index contributed by atoms with van der Waals surface area (Å²) in [6.45, 7) is 2.37. The number of carbonyl (C=O) groups excluding carboxylic acids is 5. The maximum Gasteiger partial charge on any atom is 0.235 e. The summed E-state index contributed by atoms with van der Waals surface area (Å²) < 4.78 is 5.76. The quantitative estimate of drug-likeness (QED) is 0.427. The number of benzene rings is 1. The Morgan fingerprint density at radius 2 is 1.82 bits per heavy atom. The summed E-state index contributed by atoms with van der Waals surface area (Å²) in [6.07, 6.45) is 3.51. The van der Waals surface area contributed by atoms with Crippen molar-refractivity contribution in [2.24, 2.45) is 29.4 Å². The lowest BCUT2D eigenvalue weighted by molar-refractivity contribution is -0.181. The molecule has 1 aromatic carbocycles. The van der Waals surface area contributed by atoms with Gasteiger partial charge in [-0.1, -0.05) is 6.42 Å². The van der Waals surface area contributed by atoms with Gasteiger partial charge in [-0.2, -0.15) is 0 Å². The Hall–Kier alpha value is -3.15. The molecule has 2 saturated carbocycles. The van der Waals surface area contributed by atoms with Gasteiger partial charge in [-0.15, -0.1) is 0 Å². The van der Waals surface area contributed by atoms with E-state index in [1.807, 2.05) is 0 Å². The predicted molar refractivity (Wildman–Crippen MR) is 137 cm³/mol. The van der Waals surface area contributed by atoms with Crippen LogP contribution in [-0.2, 0) is 32.1 Å². The number of amides is 1. The number of phenols is 1. The van der Waals surface area contributed by atoms with E-state index in [4.69, 9.17) is 10.5 Å². The van der Waals surface area contributed by atoms with Gasteiger partial charge in [0, 0.05) is 23.6 Å². The number of likely N-dealkylation sites (tertiary alicyclic amines) is 1. The Morgan fingerprint density at radius 1 is 1.15 bits per heavy atom. The summed E-state index contributed by atoms with van der Waals surface area (Å²) >= 11 is 0. The number of rotatable bonds is 5. The van der Waals surface area contributed by atoms with Crippen LogP contribution in [0.3, 0.4) is 0 Å². The Morgan fingerprint density at radius 3 is 2.41 bits per heavy atom. The largest absolute Gasteiger partial charge is 0.507 e. The van der Waals surface area contributed by atoms with Crippen molar-refractivity contribution in [3.8, 4) is 11.5 Å². The molecule has 0 spiro atoms. The van der Waals surface area contributed by atoms with Gasteiger partial charge in [0.05, 0.1) is 24.6 Å². The highest BCUT2D eigenvalue weighted by Crippen LogP contribution is 2.52. The van der Waals surface area contributed by atoms with Gasteiger partial charge in [0.15, 0.2) is 34.7 Å². The standard InChI is InChI=1S/C28H35N3O8/c1-30(2)21-16-10-13-9-15-19(17(32)11-14(24(15)39-3)12-31-7-5-4-6-8-31)22(33)18(13)25(35)28(16,38)26(36)20(23(21)34)27(29)37/h11,13,16,18,20-21,32,38H,4-10,12H2,1-3H3,(H2,29,37)/t13-,16-,18?,20?,21-,28-/m0/s1. The van der Waals surface area contributed by atoms with E-state index in [0.717, 1.165) is 31.5 Å². The average Bonchev–Trinajstić information content (AvgIpc) is 2.86. The Bertz CT molecular complexity index is 1270. The smallest absolute Gasteiger partial charge is 0.235 e. The molecule has 4 N–H and O–H groups in total. The lowest BCUT2D eigenvalue weighted by Gasteiger charge is -2.52. The second kappa shape index (κ2) is 9.79. The number of aromatic hydroxyl groups is 1. The van der Waals surface area contributed by atoms with Crippen molar-refractivity contribution in [3.63, 3.8) is 0 Å². The molecular formula is C28H35N3O8. The molecule has 0 radical (unpaired) electrons. The van der Waals surface area contributed by atoms with E-state index in [1.54, 1.807) is 14.1 Å². The Kier molecular flexibility index (Phi) is 6.89. The Balaban J connectivity index is 1.59. The van der Waals surface area contributed by atoms with Crippen LogP contribution in [0.1, 0.15) is 47.2 Å². The van der Waals surface area contributed by atoms with Crippen LogP contribution >= 0.6 is 0 Å². The molecule has 0 aromatic heterocycles. The first-order chi connectivity index (χ1) is 18.4. The molecule has 2 unspecified atom stereocenters. The fourth-order valence-electron chi connectivity index (χ4n) is 7.45. The summed E-state index contributed by atoms with van der Waals surface area (Å²) in [5.41, 5.74) is 3.79. The number of hydrogen-bond donors (Lipinski definition) is 3. The zero-order valence-electron chi connectivity index (χ0n) is 22.4. The second-order valence-electron chi connectivity index (χ2n) is 11.6. The van der Waals surface area contributed by atoms with Gasteiger partial charge < -0.3 is 20.7 Å². The molecule has 1 aliphatic heterocycles. The zero-order chi connectivity index (χ0) is 28.4. The fraction of sp³-hybridized carbons (Fsp3) is 0.607. The van der Waals surface area contributed by atoms with Gasteiger partial charge in [-0.3, -0.25) is 33.8 Å². The lowest BCUT2D eigenvalue weighted by Crippen LogP contribution is -2.74. The van der Waals surface area contributed by atoms with Crippen LogP contribution in [-0.4, -0.2) is 95.0 Å². The molecule has 39 heavy (non-hydrogen) atoms. The first kappa shape index (κ1) is 27.4. The van der Waals surface area contributed by atoms with Crippen molar-refractivity contribution in [1.29, 1.82) is 0 Å². The monoisotopic (exact) mass is 541 g/mol. The van der Waals surface area contributed by atoms with E-state index in [-0.39, 0.29) is 24.2 Å². The molecule has 1 amide bonds. The van der Waals surface area contributed by atoms with Crippen LogP contribution in [0.5, 0.6) is 11.5 Å². The number of ether oxygens (including phenoxy) is 1. The normalized spacial score (nSPS) is 33.0. The van der Waals surface area contributed by atoms with Crippen LogP contribution in [0.4, 0.5) is 0 Å². The van der Waals surface area contributed by atoms with Crippen molar-refractivity contribution in [2.75, 3.05) is 34.3 Å². The summed E-state index contributed by atoms with van der Waals surface area (Å²) in [6, 6.07) is 0.359. The van der Waals surface area contributed by atoms with Crippen LogP contribution in [0.25, 0.3) is 0 Å². The molecule has 0 bridgehead atoms. The van der Waals surface area contributed by atoms with E-state index in [2.05, 4.69) is 4.90 Å². The van der Waals surface area contributed by atoms with Crippen molar-refractivity contribution in [1.82, 2.24) is 9.80 Å². The molecule has 3 aliphatic carbocycles. The molecule has 6 atom stereocenters. The molecule has 11 heteroatoms. The van der Waals surface area contributed by atoms with Crippen molar-refractivity contribution >= 4 is 29.0 Å². The van der Waals surface area contributed by atoms with Crippen molar-refractivity contribution in [2.45, 2.75) is 50.3 Å². The van der Waals surface area contributed by atoms with Gasteiger partial charge in [-0.25, -0.2) is 0 Å². The summed E-state index contributed by atoms with van der Waals surface area (Å²) in [5, 5.41) is 22.7. The number of methoxy groups -OCH3 is 1. The average molecular weight is 542 g/mol. The molecule has 1 heterocycles. The molecule has 11 nitrogen and oxygen atoms in total. The first-order valence-electron chi connectivity index (χ1n) is 13.4. The highest BCUT2D eigenvalue weighted by atomic mass is 16.5. The maximum absolute atomic E-state index is 13.9. The number of Topliss-reactive ketones (excluding diaryl/α,β-unsaturated/α-hetero) is 4. The van der Waals surface area contributed by atoms with Gasteiger partial charge >= 0.3 is 0 Å². The number of primary amides is 1. The minimum atomic E-state index is -2.73. The van der Waals surface area contributed by atoms with E-state index >= 15 is 0 Å². The highest BCUT2D eigenvalue weighted by molar-refractivity contribution is 6.32. The third-order valence-electron chi connectivity index (χ3n) is 9.14.